The van der Waals surface area contributed by atoms with E-state index in [1.165, 1.54) is 11.1 Å². The molecule has 0 aliphatic heterocycles. The van der Waals surface area contributed by atoms with Crippen LogP contribution in [0.5, 0.6) is 0 Å². The van der Waals surface area contributed by atoms with Gasteiger partial charge in [0.1, 0.15) is 0 Å². The molecular formula is C16H15BN2. The van der Waals surface area contributed by atoms with Crippen molar-refractivity contribution in [1.82, 2.24) is 9.97 Å². The summed E-state index contributed by atoms with van der Waals surface area (Å²) < 4.78 is 0. The summed E-state index contributed by atoms with van der Waals surface area (Å²) in [6, 6.07) is 21.2. The summed E-state index contributed by atoms with van der Waals surface area (Å²) in [5.74, 6) is 0.341. The minimum absolute atomic E-state index is 0.341. The quantitative estimate of drug-likeness (QED) is 0.703. The molecule has 0 spiro atoms. The van der Waals surface area contributed by atoms with Gasteiger partial charge in [-0.05, 0) is 16.9 Å². The third kappa shape index (κ3) is 2.76. The van der Waals surface area contributed by atoms with Gasteiger partial charge in [0.05, 0.1) is 5.72 Å². The number of nitrogens with zero attached hydrogens (tertiary/aromatic N) is 1. The summed E-state index contributed by atoms with van der Waals surface area (Å²) in [4.78, 5) is 7.55. The summed E-state index contributed by atoms with van der Waals surface area (Å²) in [7, 11) is 0.890. The van der Waals surface area contributed by atoms with Crippen LogP contribution in [0.3, 0.4) is 0 Å². The van der Waals surface area contributed by atoms with Crippen LogP contribution in [-0.2, 0) is 0 Å². The van der Waals surface area contributed by atoms with Gasteiger partial charge in [-0.3, -0.25) is 4.98 Å². The number of hydrogen-bond acceptors (Lipinski definition) is 1. The van der Waals surface area contributed by atoms with E-state index < -0.39 is 0 Å². The van der Waals surface area contributed by atoms with Gasteiger partial charge < -0.3 is 4.98 Å². The number of benzene rings is 2. The zero-order valence-electron chi connectivity index (χ0n) is 10.7. The summed E-state index contributed by atoms with van der Waals surface area (Å²) >= 11 is 0. The normalized spacial score (nSPS) is 10.6. The standard InChI is InChI=1S/C16H15BN2/c1-3-7-13(8-4-1)15(14-9-5-2-6-10-14)17-16-18-11-12-19-16/h1-12,15,17H,(H,18,19). The Morgan fingerprint density at radius 1 is 0.842 bits per heavy atom. The molecule has 92 valence electrons. The van der Waals surface area contributed by atoms with Gasteiger partial charge in [-0.2, -0.15) is 0 Å². The molecule has 0 radical (unpaired) electrons. The largest absolute Gasteiger partial charge is 0.357 e. The van der Waals surface area contributed by atoms with Crippen LogP contribution in [0.4, 0.5) is 0 Å². The van der Waals surface area contributed by atoms with Gasteiger partial charge >= 0.3 is 0 Å². The molecular weight excluding hydrogens is 231 g/mol. The number of nitrogens with one attached hydrogen (secondary N) is 1. The monoisotopic (exact) mass is 246 g/mol. The van der Waals surface area contributed by atoms with Gasteiger partial charge in [-0.25, -0.2) is 0 Å². The first-order chi connectivity index (χ1) is 9.43. The molecule has 0 aliphatic rings. The third-order valence-electron chi connectivity index (χ3n) is 3.36. The maximum absolute atomic E-state index is 4.35. The Kier molecular flexibility index (Phi) is 3.46. The van der Waals surface area contributed by atoms with Crippen LogP contribution in [-0.4, -0.2) is 17.2 Å². The number of rotatable bonds is 4. The SMILES string of the molecule is B(c1ncc[nH]1)C(c1ccccc1)c1ccccc1. The average molecular weight is 246 g/mol. The fourth-order valence-electron chi connectivity index (χ4n) is 2.40. The fourth-order valence-corrected chi connectivity index (χ4v) is 2.40. The van der Waals surface area contributed by atoms with Crippen LogP contribution in [0.1, 0.15) is 16.9 Å². The van der Waals surface area contributed by atoms with Gasteiger partial charge in [-0.1, -0.05) is 60.7 Å². The van der Waals surface area contributed by atoms with Gasteiger partial charge in [0.2, 0.25) is 7.28 Å². The van der Waals surface area contributed by atoms with E-state index in [4.69, 9.17) is 0 Å². The number of H-pyrrole nitrogens is 1. The van der Waals surface area contributed by atoms with Crippen LogP contribution in [0.15, 0.2) is 73.1 Å². The predicted octanol–water partition coefficient (Wildman–Crippen LogP) is 2.26. The van der Waals surface area contributed by atoms with Crippen LogP contribution in [0.25, 0.3) is 0 Å². The van der Waals surface area contributed by atoms with Crippen LogP contribution >= 0.6 is 0 Å². The van der Waals surface area contributed by atoms with E-state index in [-0.39, 0.29) is 0 Å². The first-order valence-electron chi connectivity index (χ1n) is 6.51. The second-order valence-electron chi connectivity index (χ2n) is 4.61. The number of hydrogen-bond donors (Lipinski definition) is 1. The average Bonchev–Trinajstić information content (AvgIpc) is 3.00. The topological polar surface area (TPSA) is 28.7 Å². The van der Waals surface area contributed by atoms with Crippen LogP contribution < -0.4 is 5.72 Å². The minimum Gasteiger partial charge on any atom is -0.357 e. The molecule has 1 aromatic heterocycles. The first-order valence-corrected chi connectivity index (χ1v) is 6.51. The van der Waals surface area contributed by atoms with Crippen molar-refractivity contribution in [3.8, 4) is 0 Å². The van der Waals surface area contributed by atoms with Crippen LogP contribution in [0.2, 0.25) is 0 Å². The van der Waals surface area contributed by atoms with E-state index in [0.717, 1.165) is 13.0 Å². The molecule has 2 nitrogen and oxygen atoms in total. The molecule has 19 heavy (non-hydrogen) atoms. The molecule has 0 unspecified atom stereocenters. The summed E-state index contributed by atoms with van der Waals surface area (Å²) in [6.07, 6.45) is 3.69. The lowest BCUT2D eigenvalue weighted by molar-refractivity contribution is 1.12. The Bertz CT molecular complexity index is 566. The lowest BCUT2D eigenvalue weighted by Crippen LogP contribution is -2.26. The maximum atomic E-state index is 4.35. The first kappa shape index (κ1) is 11.8. The van der Waals surface area contributed by atoms with E-state index in [0.29, 0.717) is 5.82 Å². The molecule has 0 saturated carbocycles. The lowest BCUT2D eigenvalue weighted by Gasteiger charge is -2.15. The molecule has 0 fully saturated rings. The Labute approximate surface area is 113 Å². The van der Waals surface area contributed by atoms with Crippen LogP contribution in [0, 0.1) is 0 Å². The van der Waals surface area contributed by atoms with Crippen molar-refractivity contribution >= 4 is 13.0 Å². The summed E-state index contributed by atoms with van der Waals surface area (Å²) in [5.41, 5.74) is 3.67. The molecule has 1 heterocycles. The number of aromatic nitrogens is 2. The zero-order chi connectivity index (χ0) is 12.9. The Balaban J connectivity index is 1.96. The smallest absolute Gasteiger partial charge is 0.216 e. The summed E-state index contributed by atoms with van der Waals surface area (Å²) in [6.45, 7) is 0. The summed E-state index contributed by atoms with van der Waals surface area (Å²) in [5, 5.41) is 0. The Morgan fingerprint density at radius 2 is 1.42 bits per heavy atom. The molecule has 3 rings (SSSR count). The van der Waals surface area contributed by atoms with Crippen molar-refractivity contribution in [3.05, 3.63) is 84.2 Å². The molecule has 2 aromatic carbocycles. The van der Waals surface area contributed by atoms with E-state index >= 15 is 0 Å². The molecule has 1 N–H and O–H groups in total. The highest BCUT2D eigenvalue weighted by atomic mass is 14.9. The van der Waals surface area contributed by atoms with Gasteiger partial charge in [0, 0.05) is 12.4 Å². The van der Waals surface area contributed by atoms with Crippen molar-refractivity contribution < 1.29 is 0 Å². The highest BCUT2D eigenvalue weighted by Gasteiger charge is 2.17. The Hall–Kier alpha value is -2.29. The molecule has 0 bridgehead atoms. The van der Waals surface area contributed by atoms with Crippen molar-refractivity contribution in [2.75, 3.05) is 0 Å². The second kappa shape index (κ2) is 5.57. The third-order valence-corrected chi connectivity index (χ3v) is 3.36. The minimum atomic E-state index is 0.341. The molecule has 3 heteroatoms. The number of imidazole rings is 1. The van der Waals surface area contributed by atoms with Gasteiger partial charge in [-0.15, -0.1) is 0 Å². The van der Waals surface area contributed by atoms with E-state index in [1.54, 1.807) is 0 Å². The fraction of sp³-hybridized carbons (Fsp3) is 0.0625. The van der Waals surface area contributed by atoms with Crippen molar-refractivity contribution in [3.63, 3.8) is 0 Å². The van der Waals surface area contributed by atoms with Crippen molar-refractivity contribution in [1.29, 1.82) is 0 Å². The number of aromatic amines is 1. The lowest BCUT2D eigenvalue weighted by atomic mass is 9.58. The van der Waals surface area contributed by atoms with Crippen molar-refractivity contribution in [2.24, 2.45) is 0 Å². The van der Waals surface area contributed by atoms with Gasteiger partial charge in [0.25, 0.3) is 0 Å². The Morgan fingerprint density at radius 3 is 1.89 bits per heavy atom. The maximum Gasteiger partial charge on any atom is 0.216 e. The van der Waals surface area contributed by atoms with E-state index in [1.807, 2.05) is 12.4 Å². The molecule has 0 aliphatic carbocycles. The molecule has 3 aromatic rings. The highest BCUT2D eigenvalue weighted by Crippen LogP contribution is 2.22. The van der Waals surface area contributed by atoms with E-state index in [2.05, 4.69) is 70.6 Å². The molecule has 0 saturated heterocycles. The highest BCUT2D eigenvalue weighted by molar-refractivity contribution is 6.53. The predicted molar refractivity (Wildman–Crippen MR) is 80.1 cm³/mol. The van der Waals surface area contributed by atoms with Crippen molar-refractivity contribution in [2.45, 2.75) is 5.82 Å². The molecule has 0 amide bonds. The molecule has 0 atom stereocenters. The zero-order valence-corrected chi connectivity index (χ0v) is 10.7. The van der Waals surface area contributed by atoms with E-state index in [9.17, 15) is 0 Å². The second-order valence-corrected chi connectivity index (χ2v) is 4.61. The van der Waals surface area contributed by atoms with Gasteiger partial charge in [0.15, 0.2) is 0 Å².